The fraction of sp³-hybridized carbons (Fsp3) is 0.143. The van der Waals surface area contributed by atoms with Gasteiger partial charge in [0.15, 0.2) is 5.75 Å². The summed E-state index contributed by atoms with van der Waals surface area (Å²) in [5, 5.41) is 3.66. The number of nitrogens with one attached hydrogen (secondary N) is 2. The third-order valence-corrected chi connectivity index (χ3v) is 6.41. The lowest BCUT2D eigenvalue weighted by Crippen LogP contribution is -2.33. The molecule has 1 amide bonds. The van der Waals surface area contributed by atoms with Crippen LogP contribution >= 0.6 is 34.5 Å². The van der Waals surface area contributed by atoms with E-state index < -0.39 is 17.2 Å². The molecule has 0 aliphatic rings. The van der Waals surface area contributed by atoms with Gasteiger partial charge in [0.05, 0.1) is 24.6 Å². The molecule has 0 saturated heterocycles. The molecule has 12 heteroatoms. The van der Waals surface area contributed by atoms with Crippen molar-refractivity contribution in [2.24, 2.45) is 0 Å². The number of carbonyl (C=O) groups is 1. The van der Waals surface area contributed by atoms with Gasteiger partial charge in [0, 0.05) is 16.6 Å². The number of methoxy groups -OCH3 is 2. The van der Waals surface area contributed by atoms with Gasteiger partial charge in [-0.2, -0.15) is 4.98 Å². The van der Waals surface area contributed by atoms with Crippen LogP contribution in [0.3, 0.4) is 0 Å². The maximum absolute atomic E-state index is 13.1. The van der Waals surface area contributed by atoms with E-state index in [0.29, 0.717) is 21.4 Å². The molecule has 4 rings (SSSR count). The zero-order chi connectivity index (χ0) is 23.7. The molecule has 0 atom stereocenters. The summed E-state index contributed by atoms with van der Waals surface area (Å²) in [5.41, 5.74) is -0.379. The molecular weight excluding hydrogens is 491 g/mol. The van der Waals surface area contributed by atoms with Crippen molar-refractivity contribution in [3.05, 3.63) is 77.7 Å². The van der Waals surface area contributed by atoms with Crippen LogP contribution in [0.15, 0.2) is 46.0 Å². The van der Waals surface area contributed by atoms with Crippen molar-refractivity contribution >= 4 is 50.7 Å². The first-order chi connectivity index (χ1) is 15.8. The summed E-state index contributed by atoms with van der Waals surface area (Å²) in [5.74, 6) is 0.104. The van der Waals surface area contributed by atoms with Gasteiger partial charge in [-0.25, -0.2) is 9.36 Å². The zero-order valence-electron chi connectivity index (χ0n) is 17.3. The fourth-order valence-electron chi connectivity index (χ4n) is 3.10. The number of halogens is 2. The third kappa shape index (κ3) is 4.45. The lowest BCUT2D eigenvalue weighted by molar-refractivity contribution is 0.0955. The predicted molar refractivity (Wildman–Crippen MR) is 127 cm³/mol. The van der Waals surface area contributed by atoms with Crippen LogP contribution < -0.4 is 26.0 Å². The fourth-order valence-corrected chi connectivity index (χ4v) is 4.53. The monoisotopic (exact) mass is 506 g/mol. The normalized spacial score (nSPS) is 10.9. The molecule has 0 saturated carbocycles. The smallest absolute Gasteiger partial charge is 0.334 e. The average molecular weight is 507 g/mol. The Bertz CT molecular complexity index is 1490. The van der Waals surface area contributed by atoms with Crippen molar-refractivity contribution in [2.45, 2.75) is 6.54 Å². The molecule has 0 aliphatic heterocycles. The van der Waals surface area contributed by atoms with Crippen molar-refractivity contribution in [3.63, 3.8) is 0 Å². The zero-order valence-corrected chi connectivity index (χ0v) is 19.6. The number of hydrogen-bond acceptors (Lipinski definition) is 7. The van der Waals surface area contributed by atoms with Gasteiger partial charge in [0.1, 0.15) is 10.5 Å². The highest BCUT2D eigenvalue weighted by molar-refractivity contribution is 7.20. The predicted octanol–water partition coefficient (Wildman–Crippen LogP) is 3.39. The minimum Gasteiger partial charge on any atom is -0.491 e. The Morgan fingerprint density at radius 3 is 2.64 bits per heavy atom. The second-order valence-electron chi connectivity index (χ2n) is 6.72. The number of thiophene rings is 1. The number of ether oxygens (including phenoxy) is 2. The van der Waals surface area contributed by atoms with Crippen molar-refractivity contribution in [1.82, 2.24) is 19.9 Å². The van der Waals surface area contributed by atoms with E-state index >= 15 is 0 Å². The minimum atomic E-state index is -0.704. The third-order valence-electron chi connectivity index (χ3n) is 4.71. The van der Waals surface area contributed by atoms with Gasteiger partial charge in [0.25, 0.3) is 17.3 Å². The topological polar surface area (TPSA) is 115 Å². The van der Waals surface area contributed by atoms with Gasteiger partial charge in [-0.15, -0.1) is 11.3 Å². The largest absolute Gasteiger partial charge is 0.491 e. The van der Waals surface area contributed by atoms with Crippen LogP contribution in [0.1, 0.15) is 15.2 Å². The lowest BCUT2D eigenvalue weighted by Gasteiger charge is -2.09. The number of aromatic amines is 1. The SMILES string of the molecule is COc1ccc(-n2c(=O)[nH]c3cc(C(=O)NCc4ccc(Cl)cc4Cl)sc3c2=O)nc1OC. The van der Waals surface area contributed by atoms with Gasteiger partial charge in [-0.05, 0) is 35.9 Å². The summed E-state index contributed by atoms with van der Waals surface area (Å²) >= 11 is 13.0. The number of H-pyrrole nitrogens is 1. The molecule has 2 N–H and O–H groups in total. The molecule has 1 aromatic carbocycles. The highest BCUT2D eigenvalue weighted by Gasteiger charge is 2.18. The Labute approximate surface area is 200 Å². The molecular formula is C21H16Cl2N4O5S. The van der Waals surface area contributed by atoms with E-state index in [-0.39, 0.29) is 33.3 Å². The number of fused-ring (bicyclic) bond motifs is 1. The van der Waals surface area contributed by atoms with E-state index in [0.717, 1.165) is 15.9 Å². The number of amides is 1. The average Bonchev–Trinajstić information content (AvgIpc) is 3.22. The second kappa shape index (κ2) is 9.26. The molecule has 4 aromatic rings. The molecule has 3 heterocycles. The van der Waals surface area contributed by atoms with Crippen LogP contribution in [0.4, 0.5) is 0 Å². The summed E-state index contributed by atoms with van der Waals surface area (Å²) in [6, 6.07) is 9.41. The minimum absolute atomic E-state index is 0.0533. The van der Waals surface area contributed by atoms with Crippen LogP contribution in [0.5, 0.6) is 11.6 Å². The van der Waals surface area contributed by atoms with Gasteiger partial charge < -0.3 is 19.8 Å². The van der Waals surface area contributed by atoms with Crippen molar-refractivity contribution in [3.8, 4) is 17.4 Å². The molecule has 9 nitrogen and oxygen atoms in total. The van der Waals surface area contributed by atoms with E-state index in [1.807, 2.05) is 0 Å². The van der Waals surface area contributed by atoms with E-state index in [9.17, 15) is 14.4 Å². The molecule has 0 bridgehead atoms. The molecule has 0 aliphatic carbocycles. The summed E-state index contributed by atoms with van der Waals surface area (Å²) in [6.45, 7) is 0.166. The van der Waals surface area contributed by atoms with Crippen molar-refractivity contribution in [2.75, 3.05) is 14.2 Å². The first kappa shape index (κ1) is 22.8. The first-order valence-corrected chi connectivity index (χ1v) is 11.0. The number of nitrogens with zero attached hydrogens (tertiary/aromatic N) is 2. The van der Waals surface area contributed by atoms with E-state index in [1.165, 1.54) is 32.4 Å². The summed E-state index contributed by atoms with van der Waals surface area (Å²) < 4.78 is 11.4. The summed E-state index contributed by atoms with van der Waals surface area (Å²) in [7, 11) is 2.84. The molecule has 170 valence electrons. The number of hydrogen-bond donors (Lipinski definition) is 2. The van der Waals surface area contributed by atoms with Crippen LogP contribution in [-0.4, -0.2) is 34.7 Å². The number of rotatable bonds is 6. The van der Waals surface area contributed by atoms with E-state index in [2.05, 4.69) is 15.3 Å². The number of aromatic nitrogens is 3. The number of benzene rings is 1. The maximum atomic E-state index is 13.1. The van der Waals surface area contributed by atoms with Gasteiger partial charge in [-0.3, -0.25) is 9.59 Å². The maximum Gasteiger partial charge on any atom is 0.334 e. The van der Waals surface area contributed by atoms with Crippen molar-refractivity contribution in [1.29, 1.82) is 0 Å². The molecule has 0 radical (unpaired) electrons. The van der Waals surface area contributed by atoms with E-state index in [1.54, 1.807) is 18.2 Å². The second-order valence-corrected chi connectivity index (χ2v) is 8.62. The van der Waals surface area contributed by atoms with Crippen LogP contribution in [-0.2, 0) is 6.54 Å². The van der Waals surface area contributed by atoms with Crippen molar-refractivity contribution < 1.29 is 14.3 Å². The van der Waals surface area contributed by atoms with Gasteiger partial charge in [-0.1, -0.05) is 29.3 Å². The lowest BCUT2D eigenvalue weighted by atomic mass is 10.2. The van der Waals surface area contributed by atoms with E-state index in [4.69, 9.17) is 32.7 Å². The van der Waals surface area contributed by atoms with Crippen LogP contribution in [0.2, 0.25) is 10.0 Å². The standard InChI is InChI=1S/C21H16Cl2N4O5S/c1-31-14-5-6-16(26-19(14)32-2)27-20(29)17-13(25-21(27)30)8-15(33-17)18(28)24-9-10-3-4-11(22)7-12(10)23/h3-8H,9H2,1-2H3,(H,24,28)(H,25,30). The Hall–Kier alpha value is -3.34. The molecule has 33 heavy (non-hydrogen) atoms. The van der Waals surface area contributed by atoms with Gasteiger partial charge >= 0.3 is 5.69 Å². The molecule has 0 fully saturated rings. The first-order valence-electron chi connectivity index (χ1n) is 9.42. The van der Waals surface area contributed by atoms with Gasteiger partial charge in [0.2, 0.25) is 0 Å². The Balaban J connectivity index is 1.67. The summed E-state index contributed by atoms with van der Waals surface area (Å²) in [6.07, 6.45) is 0. The molecule has 3 aromatic heterocycles. The Morgan fingerprint density at radius 2 is 1.94 bits per heavy atom. The molecule has 0 spiro atoms. The van der Waals surface area contributed by atoms with Crippen LogP contribution in [0, 0.1) is 0 Å². The number of carbonyl (C=O) groups excluding carboxylic acids is 1. The Morgan fingerprint density at radius 1 is 1.15 bits per heavy atom. The highest BCUT2D eigenvalue weighted by atomic mass is 35.5. The van der Waals surface area contributed by atoms with Crippen LogP contribution in [0.25, 0.3) is 16.0 Å². The quantitative estimate of drug-likeness (QED) is 0.414. The highest BCUT2D eigenvalue weighted by Crippen LogP contribution is 2.26. The molecule has 0 unspecified atom stereocenters. The Kier molecular flexibility index (Phi) is 6.41. The summed E-state index contributed by atoms with van der Waals surface area (Å²) in [4.78, 5) is 45.4. The number of pyridine rings is 1.